The Hall–Kier alpha value is -3.78. The van der Waals surface area contributed by atoms with Gasteiger partial charge in [-0.3, -0.25) is 4.90 Å². The molecular formula is C32H31ClF2N6O2. The Morgan fingerprint density at radius 3 is 2.91 bits per heavy atom. The lowest BCUT2D eigenvalue weighted by Crippen LogP contribution is -2.51. The third-order valence-electron chi connectivity index (χ3n) is 9.09. The number of anilines is 1. The first-order valence-electron chi connectivity index (χ1n) is 14.6. The van der Waals surface area contributed by atoms with Gasteiger partial charge in [0.1, 0.15) is 29.9 Å². The highest BCUT2D eigenvalue weighted by Gasteiger charge is 2.49. The Bertz CT molecular complexity index is 1770. The summed E-state index contributed by atoms with van der Waals surface area (Å²) in [7, 11) is 0. The molecule has 0 radical (unpaired) electrons. The zero-order valence-electron chi connectivity index (χ0n) is 23.5. The fourth-order valence-corrected chi connectivity index (χ4v) is 7.41. The second-order valence-electron chi connectivity index (χ2n) is 11.8. The van der Waals surface area contributed by atoms with E-state index in [1.807, 2.05) is 11.0 Å². The van der Waals surface area contributed by atoms with Gasteiger partial charge in [-0.2, -0.15) is 15.2 Å². The minimum Gasteiger partial charge on any atom is -0.508 e. The Morgan fingerprint density at radius 1 is 1.16 bits per heavy atom. The van der Waals surface area contributed by atoms with Gasteiger partial charge in [0.2, 0.25) is 0 Å². The van der Waals surface area contributed by atoms with Crippen molar-refractivity contribution in [2.24, 2.45) is 0 Å². The predicted octanol–water partition coefficient (Wildman–Crippen LogP) is 5.60. The van der Waals surface area contributed by atoms with Crippen molar-refractivity contribution in [3.8, 4) is 29.0 Å². The molecule has 7 rings (SSSR count). The third-order valence-corrected chi connectivity index (χ3v) is 9.41. The number of rotatable bonds is 6. The topological polar surface area (TPSA) is 97.5 Å². The Labute approximate surface area is 252 Å². The number of halogens is 3. The van der Waals surface area contributed by atoms with Crippen LogP contribution in [0.2, 0.25) is 5.02 Å². The lowest BCUT2D eigenvalue weighted by Gasteiger charge is -2.34. The molecule has 0 spiro atoms. The van der Waals surface area contributed by atoms with Crippen LogP contribution in [0.3, 0.4) is 0 Å². The van der Waals surface area contributed by atoms with Crippen molar-refractivity contribution >= 4 is 39.1 Å². The molecule has 8 nitrogen and oxygen atoms in total. The molecule has 0 saturated carbocycles. The first-order chi connectivity index (χ1) is 20.8. The molecule has 3 saturated heterocycles. The van der Waals surface area contributed by atoms with E-state index in [9.17, 15) is 14.8 Å². The highest BCUT2D eigenvalue weighted by atomic mass is 35.5. The van der Waals surface area contributed by atoms with E-state index in [0.29, 0.717) is 71.6 Å². The molecule has 222 valence electrons. The van der Waals surface area contributed by atoms with Gasteiger partial charge >= 0.3 is 6.01 Å². The average Bonchev–Trinajstić information content (AvgIpc) is 3.52. The van der Waals surface area contributed by atoms with Crippen molar-refractivity contribution in [3.05, 3.63) is 53.3 Å². The predicted molar refractivity (Wildman–Crippen MR) is 162 cm³/mol. The van der Waals surface area contributed by atoms with E-state index in [-0.39, 0.29) is 35.5 Å². The number of nitriles is 1. The number of hydrogen-bond donors (Lipinski definition) is 2. The molecule has 3 fully saturated rings. The van der Waals surface area contributed by atoms with Crippen molar-refractivity contribution in [2.75, 3.05) is 44.2 Å². The molecule has 0 bridgehead atoms. The highest BCUT2D eigenvalue weighted by Crippen LogP contribution is 2.42. The number of phenolic OH excluding ortho intramolecular Hbond substituents is 1. The second kappa shape index (κ2) is 11.1. The van der Waals surface area contributed by atoms with E-state index >= 15 is 4.39 Å². The van der Waals surface area contributed by atoms with Crippen LogP contribution in [-0.4, -0.2) is 77.1 Å². The Kier molecular flexibility index (Phi) is 7.20. The minimum absolute atomic E-state index is 0.0101. The minimum atomic E-state index is -0.904. The van der Waals surface area contributed by atoms with Gasteiger partial charge in [-0.25, -0.2) is 8.78 Å². The monoisotopic (exact) mass is 604 g/mol. The maximum Gasteiger partial charge on any atom is 0.319 e. The first kappa shape index (κ1) is 28.0. The molecule has 0 unspecified atom stereocenters. The molecule has 2 N–H and O–H groups in total. The molecule has 3 aliphatic heterocycles. The van der Waals surface area contributed by atoms with E-state index in [0.717, 1.165) is 19.4 Å². The zero-order valence-corrected chi connectivity index (χ0v) is 24.2. The number of alkyl halides is 1. The van der Waals surface area contributed by atoms with Crippen LogP contribution in [-0.2, 0) is 0 Å². The molecule has 4 aromatic rings. The van der Waals surface area contributed by atoms with E-state index in [4.69, 9.17) is 21.3 Å². The van der Waals surface area contributed by atoms with Crippen molar-refractivity contribution < 1.29 is 18.6 Å². The van der Waals surface area contributed by atoms with Crippen molar-refractivity contribution in [1.82, 2.24) is 20.2 Å². The Morgan fingerprint density at radius 2 is 2.05 bits per heavy atom. The maximum absolute atomic E-state index is 16.7. The van der Waals surface area contributed by atoms with Crippen LogP contribution in [0.25, 0.3) is 32.8 Å². The van der Waals surface area contributed by atoms with Gasteiger partial charge in [0.15, 0.2) is 5.82 Å². The summed E-state index contributed by atoms with van der Waals surface area (Å²) in [5, 5.41) is 25.4. The van der Waals surface area contributed by atoms with Crippen LogP contribution in [0, 0.1) is 17.1 Å². The maximum atomic E-state index is 16.7. The van der Waals surface area contributed by atoms with Crippen LogP contribution >= 0.6 is 11.6 Å². The van der Waals surface area contributed by atoms with Crippen LogP contribution in [0.1, 0.15) is 25.7 Å². The molecule has 3 aliphatic rings. The third kappa shape index (κ3) is 4.99. The number of fused-ring (bicyclic) bond motifs is 3. The van der Waals surface area contributed by atoms with Gasteiger partial charge in [0.25, 0.3) is 0 Å². The van der Waals surface area contributed by atoms with Gasteiger partial charge in [0.05, 0.1) is 18.0 Å². The van der Waals surface area contributed by atoms with Crippen LogP contribution in [0.4, 0.5) is 14.6 Å². The number of nitrogens with zero attached hydrogens (tertiary/aromatic N) is 5. The van der Waals surface area contributed by atoms with Gasteiger partial charge in [-0.05, 0) is 54.6 Å². The summed E-state index contributed by atoms with van der Waals surface area (Å²) in [5.41, 5.74) is 0.338. The summed E-state index contributed by atoms with van der Waals surface area (Å²) < 4.78 is 37.3. The number of ether oxygens (including phenoxy) is 1. The smallest absolute Gasteiger partial charge is 0.319 e. The van der Waals surface area contributed by atoms with Gasteiger partial charge in [0, 0.05) is 60.0 Å². The lowest BCUT2D eigenvalue weighted by atomic mass is 9.95. The molecule has 11 heteroatoms. The number of aromatic hydroxyl groups is 1. The fourth-order valence-electron chi connectivity index (χ4n) is 7.13. The normalized spacial score (nSPS) is 24.0. The molecule has 0 aliphatic carbocycles. The zero-order chi connectivity index (χ0) is 29.7. The fraction of sp³-hybridized carbons (Fsp3) is 0.406. The van der Waals surface area contributed by atoms with Crippen LogP contribution in [0.5, 0.6) is 11.8 Å². The van der Waals surface area contributed by atoms with E-state index in [2.05, 4.69) is 21.3 Å². The number of piperazine rings is 1. The highest BCUT2D eigenvalue weighted by molar-refractivity contribution is 6.36. The van der Waals surface area contributed by atoms with Crippen LogP contribution in [0.15, 0.2) is 42.5 Å². The summed E-state index contributed by atoms with van der Waals surface area (Å²) in [4.78, 5) is 13.5. The van der Waals surface area contributed by atoms with Gasteiger partial charge < -0.3 is 20.1 Å². The largest absolute Gasteiger partial charge is 0.508 e. The van der Waals surface area contributed by atoms with Crippen LogP contribution < -0.4 is 15.0 Å². The molecule has 0 amide bonds. The second-order valence-corrected chi connectivity index (χ2v) is 12.2. The Balaban J connectivity index is 1.35. The first-order valence-corrected chi connectivity index (χ1v) is 15.0. The number of aromatic nitrogens is 2. The van der Waals surface area contributed by atoms with Crippen molar-refractivity contribution in [2.45, 2.75) is 43.4 Å². The molecule has 3 atom stereocenters. The number of hydrogen-bond acceptors (Lipinski definition) is 8. The van der Waals surface area contributed by atoms with Gasteiger partial charge in [-0.15, -0.1) is 0 Å². The number of benzene rings is 3. The quantitative estimate of drug-likeness (QED) is 0.294. The molecule has 3 aromatic carbocycles. The van der Waals surface area contributed by atoms with E-state index < -0.39 is 17.5 Å². The van der Waals surface area contributed by atoms with E-state index in [1.165, 1.54) is 6.07 Å². The van der Waals surface area contributed by atoms with Crippen molar-refractivity contribution in [3.63, 3.8) is 0 Å². The average molecular weight is 605 g/mol. The van der Waals surface area contributed by atoms with Crippen molar-refractivity contribution in [1.29, 1.82) is 5.26 Å². The summed E-state index contributed by atoms with van der Waals surface area (Å²) in [6, 6.07) is 14.0. The molecular weight excluding hydrogens is 574 g/mol. The number of phenols is 1. The molecule has 43 heavy (non-hydrogen) atoms. The summed E-state index contributed by atoms with van der Waals surface area (Å²) in [6.45, 7) is 3.19. The number of nitrogens with one attached hydrogen (secondary N) is 1. The lowest BCUT2D eigenvalue weighted by molar-refractivity contribution is 0.107. The standard InChI is InChI=1S/C32H31ClF2N6O2/c33-26-4-1-3-19-13-22(42)14-25(27(19)26)23-5-6-24-29(28(23)35)38-31(39-30(24)40-12-10-37-21(17-40)7-9-36)43-18-32-8-2-11-41(32)16-20(34)15-32/h1,3-6,13-14,20-21,37,42H,2,7-8,10-12,15-18H2/t20-,21+,32+/m1/s1. The SMILES string of the molecule is N#CC[C@H]1CN(c2nc(OC[C@@]34CCCN3C[C@H](F)C4)nc3c(F)c(-c4cc(O)cc5cccc(Cl)c45)ccc23)CCN1. The summed E-state index contributed by atoms with van der Waals surface area (Å²) in [5.74, 6) is -0.0831. The molecule has 4 heterocycles. The summed E-state index contributed by atoms with van der Waals surface area (Å²) in [6.07, 6.45) is 1.62. The molecule has 1 aromatic heterocycles. The summed E-state index contributed by atoms with van der Waals surface area (Å²) >= 11 is 6.57. The van der Waals surface area contributed by atoms with E-state index in [1.54, 1.807) is 30.3 Å². The van der Waals surface area contributed by atoms with Gasteiger partial charge in [-0.1, -0.05) is 29.8 Å².